The molecule has 31 heavy (non-hydrogen) atoms. The first-order chi connectivity index (χ1) is 14.7. The van der Waals surface area contributed by atoms with Gasteiger partial charge in [0.05, 0.1) is 6.20 Å². The number of aromatic nitrogens is 4. The summed E-state index contributed by atoms with van der Waals surface area (Å²) in [6.07, 6.45) is 11.6. The summed E-state index contributed by atoms with van der Waals surface area (Å²) in [7, 11) is 0. The highest BCUT2D eigenvalue weighted by molar-refractivity contribution is 5.62. The lowest BCUT2D eigenvalue weighted by molar-refractivity contribution is -0.605. The van der Waals surface area contributed by atoms with Crippen molar-refractivity contribution in [3.63, 3.8) is 0 Å². The van der Waals surface area contributed by atoms with Crippen LogP contribution in [0, 0.1) is 5.21 Å². The molecule has 1 aliphatic carbocycles. The van der Waals surface area contributed by atoms with Crippen molar-refractivity contribution < 1.29 is 9.84 Å². The van der Waals surface area contributed by atoms with Gasteiger partial charge >= 0.3 is 0 Å². The van der Waals surface area contributed by atoms with Crippen LogP contribution in [0.3, 0.4) is 0 Å². The fourth-order valence-electron chi connectivity index (χ4n) is 4.47. The van der Waals surface area contributed by atoms with E-state index >= 15 is 0 Å². The van der Waals surface area contributed by atoms with Gasteiger partial charge in [-0.2, -0.15) is 14.3 Å². The molecule has 1 atom stereocenters. The third-order valence-corrected chi connectivity index (χ3v) is 6.20. The zero-order valence-corrected chi connectivity index (χ0v) is 17.1. The Bertz CT molecular complexity index is 1030. The first-order valence-electron chi connectivity index (χ1n) is 10.9. The first-order valence-corrected chi connectivity index (χ1v) is 10.9. The maximum Gasteiger partial charge on any atom is 0.185 e. The highest BCUT2D eigenvalue weighted by atomic mass is 16.5. The number of pyridine rings is 1. The number of piperidine rings is 1. The molecule has 0 spiro atoms. The average Bonchev–Trinajstić information content (AvgIpc) is 3.51. The van der Waals surface area contributed by atoms with Crippen molar-refractivity contribution in [3.05, 3.63) is 53.1 Å². The standard InChI is InChI=1S/C22H28N6O2.CH4/c29-11-8-18-5-1-2-10-27(18)21-12-20(23-13-16-4-3-9-26(30)15-16)28-22(25-21)19(14-24-28)17-6-7-17;/h3-4,9,12,14-15,17-18,23,29H,1-2,5-8,10-11,13H2;1H4/t18-;/m0./s1. The number of hydrogen-bond acceptors (Lipinski definition) is 6. The van der Waals surface area contributed by atoms with Crippen molar-refractivity contribution >= 4 is 17.3 Å². The van der Waals surface area contributed by atoms with Crippen LogP contribution in [0.2, 0.25) is 0 Å². The molecule has 0 radical (unpaired) electrons. The SMILES string of the molecule is C.[O-][n+]1cccc(CNc2cc(N3CCCC[C@H]3CCO)nc3c(C4CC4)cnn23)c1. The van der Waals surface area contributed by atoms with Crippen molar-refractivity contribution in [1.82, 2.24) is 14.6 Å². The molecule has 166 valence electrons. The van der Waals surface area contributed by atoms with E-state index < -0.39 is 0 Å². The van der Waals surface area contributed by atoms with Crippen molar-refractivity contribution in [3.8, 4) is 0 Å². The largest absolute Gasteiger partial charge is 0.619 e. The Morgan fingerprint density at radius 2 is 2.13 bits per heavy atom. The van der Waals surface area contributed by atoms with E-state index in [1.807, 2.05) is 16.8 Å². The van der Waals surface area contributed by atoms with Gasteiger partial charge in [-0.3, -0.25) is 0 Å². The Hall–Kier alpha value is -2.87. The molecule has 0 bridgehead atoms. The van der Waals surface area contributed by atoms with Gasteiger partial charge in [-0.1, -0.05) is 7.43 Å². The molecule has 0 aromatic carbocycles. The summed E-state index contributed by atoms with van der Waals surface area (Å²) < 4.78 is 2.70. The van der Waals surface area contributed by atoms with Gasteiger partial charge < -0.3 is 20.5 Å². The van der Waals surface area contributed by atoms with Crippen molar-refractivity contribution in [2.45, 2.75) is 64.5 Å². The minimum absolute atomic E-state index is 0. The lowest BCUT2D eigenvalue weighted by Crippen LogP contribution is -2.40. The predicted octanol–water partition coefficient (Wildman–Crippen LogP) is 3.23. The van der Waals surface area contributed by atoms with Crippen LogP contribution in [0.1, 0.15) is 63.0 Å². The van der Waals surface area contributed by atoms with Crippen molar-refractivity contribution in [2.24, 2.45) is 0 Å². The summed E-state index contributed by atoms with van der Waals surface area (Å²) in [6, 6.07) is 6.05. The fraction of sp³-hybridized carbons (Fsp3) is 0.522. The quantitative estimate of drug-likeness (QED) is 0.447. The number of aliphatic hydroxyl groups excluding tert-OH is 1. The molecular weight excluding hydrogens is 392 g/mol. The predicted molar refractivity (Wildman–Crippen MR) is 121 cm³/mol. The normalized spacial score (nSPS) is 18.7. The van der Waals surface area contributed by atoms with Crippen LogP contribution >= 0.6 is 0 Å². The molecule has 1 saturated carbocycles. The third-order valence-electron chi connectivity index (χ3n) is 6.20. The topological polar surface area (TPSA) is 92.6 Å². The van der Waals surface area contributed by atoms with Crippen molar-refractivity contribution in [2.75, 3.05) is 23.4 Å². The van der Waals surface area contributed by atoms with Crippen LogP contribution in [0.25, 0.3) is 5.65 Å². The minimum Gasteiger partial charge on any atom is -0.619 e. The lowest BCUT2D eigenvalue weighted by atomic mass is 9.99. The van der Waals surface area contributed by atoms with E-state index in [1.165, 1.54) is 31.0 Å². The van der Waals surface area contributed by atoms with Crippen LogP contribution in [-0.4, -0.2) is 38.9 Å². The summed E-state index contributed by atoms with van der Waals surface area (Å²) >= 11 is 0. The van der Waals surface area contributed by atoms with Crippen molar-refractivity contribution in [1.29, 1.82) is 0 Å². The molecule has 3 aromatic heterocycles. The van der Waals surface area contributed by atoms with Gasteiger partial charge in [0.25, 0.3) is 0 Å². The zero-order valence-electron chi connectivity index (χ0n) is 17.1. The number of rotatable bonds is 7. The molecule has 8 nitrogen and oxygen atoms in total. The summed E-state index contributed by atoms with van der Waals surface area (Å²) in [5.74, 6) is 2.37. The molecule has 4 heterocycles. The molecule has 5 rings (SSSR count). The van der Waals surface area contributed by atoms with Crippen LogP contribution in [-0.2, 0) is 6.54 Å². The number of fused-ring (bicyclic) bond motifs is 1. The lowest BCUT2D eigenvalue weighted by Gasteiger charge is -2.36. The molecular formula is C23H32N6O2. The number of nitrogens with one attached hydrogen (secondary N) is 1. The summed E-state index contributed by atoms with van der Waals surface area (Å²) in [4.78, 5) is 7.38. The molecule has 1 aliphatic heterocycles. The van der Waals surface area contributed by atoms with Gasteiger partial charge in [0, 0.05) is 49.0 Å². The van der Waals surface area contributed by atoms with Crippen LogP contribution < -0.4 is 14.9 Å². The van der Waals surface area contributed by atoms with Gasteiger partial charge in [0.2, 0.25) is 0 Å². The summed E-state index contributed by atoms with van der Waals surface area (Å²) in [5, 5.41) is 29.2. The summed E-state index contributed by atoms with van der Waals surface area (Å²) in [6.45, 7) is 1.67. The molecule has 2 fully saturated rings. The van der Waals surface area contributed by atoms with E-state index in [1.54, 1.807) is 12.3 Å². The number of nitrogens with zero attached hydrogens (tertiary/aromatic N) is 5. The first kappa shape index (κ1) is 21.4. The van der Waals surface area contributed by atoms with E-state index in [0.29, 0.717) is 18.5 Å². The second kappa shape index (κ2) is 9.09. The number of aliphatic hydroxyl groups is 1. The molecule has 2 aliphatic rings. The summed E-state index contributed by atoms with van der Waals surface area (Å²) in [5.41, 5.74) is 3.04. The number of anilines is 2. The smallest absolute Gasteiger partial charge is 0.185 e. The van der Waals surface area contributed by atoms with Gasteiger partial charge in [0.1, 0.15) is 11.6 Å². The van der Waals surface area contributed by atoms with Crippen LogP contribution in [0.4, 0.5) is 11.6 Å². The Balaban J connectivity index is 0.00000231. The van der Waals surface area contributed by atoms with E-state index in [9.17, 15) is 10.3 Å². The van der Waals surface area contributed by atoms with Gasteiger partial charge in [-0.05, 0) is 50.5 Å². The molecule has 1 saturated heterocycles. The molecule has 0 unspecified atom stereocenters. The number of hydrogen-bond donors (Lipinski definition) is 2. The van der Waals surface area contributed by atoms with Crippen LogP contribution in [0.15, 0.2) is 36.8 Å². The highest BCUT2D eigenvalue weighted by Gasteiger charge is 2.30. The molecule has 3 aromatic rings. The minimum atomic E-state index is 0. The Morgan fingerprint density at radius 3 is 2.90 bits per heavy atom. The molecule has 8 heteroatoms. The Morgan fingerprint density at radius 1 is 1.26 bits per heavy atom. The molecule has 2 N–H and O–H groups in total. The van der Waals surface area contributed by atoms with E-state index in [-0.39, 0.29) is 14.0 Å². The zero-order chi connectivity index (χ0) is 20.5. The maximum absolute atomic E-state index is 11.6. The van der Waals surface area contributed by atoms with Gasteiger partial charge in [-0.15, -0.1) is 0 Å². The Kier molecular flexibility index (Phi) is 6.27. The fourth-order valence-corrected chi connectivity index (χ4v) is 4.47. The van der Waals surface area contributed by atoms with Crippen LogP contribution in [0.5, 0.6) is 0 Å². The highest BCUT2D eigenvalue weighted by Crippen LogP contribution is 2.42. The Labute approximate surface area is 183 Å². The third kappa shape index (κ3) is 4.44. The second-order valence-corrected chi connectivity index (χ2v) is 8.39. The van der Waals surface area contributed by atoms with E-state index in [4.69, 9.17) is 4.98 Å². The van der Waals surface area contributed by atoms with Gasteiger partial charge in [0.15, 0.2) is 18.0 Å². The maximum atomic E-state index is 11.6. The monoisotopic (exact) mass is 424 g/mol. The van der Waals surface area contributed by atoms with Gasteiger partial charge in [-0.25, -0.2) is 4.98 Å². The van der Waals surface area contributed by atoms with E-state index in [2.05, 4.69) is 21.4 Å². The second-order valence-electron chi connectivity index (χ2n) is 8.39. The van der Waals surface area contributed by atoms with E-state index in [0.717, 1.165) is 53.4 Å². The molecule has 0 amide bonds. The average molecular weight is 425 g/mol.